The summed E-state index contributed by atoms with van der Waals surface area (Å²) in [5.41, 5.74) is 14.0. The minimum atomic E-state index is 0.00567. The Labute approximate surface area is 235 Å². The molecule has 0 unspecified atom stereocenters. The van der Waals surface area contributed by atoms with E-state index in [4.69, 9.17) is 9.15 Å². The fourth-order valence-corrected chi connectivity index (χ4v) is 6.41. The third-order valence-electron chi connectivity index (χ3n) is 8.58. The lowest BCUT2D eigenvalue weighted by atomic mass is 9.40. The van der Waals surface area contributed by atoms with Gasteiger partial charge >= 0.3 is 0 Å². The second kappa shape index (κ2) is 8.25. The highest BCUT2D eigenvalue weighted by molar-refractivity contribution is 7.00. The van der Waals surface area contributed by atoms with Gasteiger partial charge in [-0.05, 0) is 80.9 Å². The van der Waals surface area contributed by atoms with E-state index in [-0.39, 0.29) is 12.1 Å². The number of rotatable bonds is 2. The molecule has 192 valence electrons. The van der Waals surface area contributed by atoms with Crippen LogP contribution in [0.2, 0.25) is 0 Å². The van der Waals surface area contributed by atoms with Gasteiger partial charge in [-0.2, -0.15) is 0 Å². The quantitative estimate of drug-likeness (QED) is 0.218. The van der Waals surface area contributed by atoms with Crippen molar-refractivity contribution < 1.29 is 9.15 Å². The summed E-state index contributed by atoms with van der Waals surface area (Å²) in [6.07, 6.45) is 0. The zero-order valence-corrected chi connectivity index (χ0v) is 23.2. The fraction of sp³-hybridized carbons (Fsp3) is 0.135. The van der Waals surface area contributed by atoms with Gasteiger partial charge in [0.15, 0.2) is 0 Å². The fourth-order valence-electron chi connectivity index (χ4n) is 6.41. The molecule has 0 saturated heterocycles. The smallest absolute Gasteiger partial charge is 0.297 e. The molecule has 1 aromatic heterocycles. The molecule has 2 nitrogen and oxygen atoms in total. The second-order valence-corrected chi connectivity index (χ2v) is 12.3. The molecule has 0 aliphatic carbocycles. The molecule has 0 radical (unpaired) electrons. The first-order valence-electron chi connectivity index (χ1n) is 14.0. The Morgan fingerprint density at radius 2 is 1.38 bits per heavy atom. The summed E-state index contributed by atoms with van der Waals surface area (Å²) in [6.45, 7) is 8.87. The molecule has 0 fully saturated rings. The molecule has 0 N–H and O–H groups in total. The largest absolute Gasteiger partial charge is 0.470 e. The molecule has 3 heterocycles. The van der Waals surface area contributed by atoms with Crippen LogP contribution in [-0.2, 0) is 5.41 Å². The van der Waals surface area contributed by atoms with Crippen LogP contribution in [-0.4, -0.2) is 6.71 Å². The molecule has 2 aliphatic heterocycles. The summed E-state index contributed by atoms with van der Waals surface area (Å²) in [5.74, 6) is 1.82. The van der Waals surface area contributed by atoms with Crippen molar-refractivity contribution in [2.75, 3.05) is 0 Å². The van der Waals surface area contributed by atoms with Crippen LogP contribution in [0.25, 0.3) is 44.3 Å². The lowest BCUT2D eigenvalue weighted by Crippen LogP contribution is -2.51. The van der Waals surface area contributed by atoms with Crippen LogP contribution in [0.5, 0.6) is 11.5 Å². The molecule has 0 saturated carbocycles. The third kappa shape index (κ3) is 3.44. The van der Waals surface area contributed by atoms with Gasteiger partial charge in [0.2, 0.25) is 0 Å². The average Bonchev–Trinajstić information content (AvgIpc) is 3.49. The van der Waals surface area contributed by atoms with Gasteiger partial charge in [-0.25, -0.2) is 0 Å². The second-order valence-electron chi connectivity index (χ2n) is 12.3. The molecule has 0 spiro atoms. The first-order chi connectivity index (χ1) is 19.3. The van der Waals surface area contributed by atoms with Gasteiger partial charge in [0, 0.05) is 10.9 Å². The maximum absolute atomic E-state index is 6.80. The summed E-state index contributed by atoms with van der Waals surface area (Å²) in [6, 6.07) is 37.2. The van der Waals surface area contributed by atoms with Gasteiger partial charge < -0.3 is 9.15 Å². The molecule has 8 rings (SSSR count). The number of hydrogen-bond donors (Lipinski definition) is 0. The molecular weight excluding hydrogens is 487 g/mol. The Kier molecular flexibility index (Phi) is 4.83. The Morgan fingerprint density at radius 3 is 2.15 bits per heavy atom. The molecule has 6 aromatic rings. The van der Waals surface area contributed by atoms with E-state index in [1.807, 2.05) is 0 Å². The first kappa shape index (κ1) is 23.4. The van der Waals surface area contributed by atoms with Crippen molar-refractivity contribution in [1.29, 1.82) is 0 Å². The molecular formula is C37H29BO2. The van der Waals surface area contributed by atoms with Crippen LogP contribution in [0, 0.1) is 6.92 Å². The van der Waals surface area contributed by atoms with E-state index in [0.29, 0.717) is 0 Å². The molecule has 40 heavy (non-hydrogen) atoms. The highest BCUT2D eigenvalue weighted by Crippen LogP contribution is 2.42. The molecule has 0 atom stereocenters. The zero-order valence-electron chi connectivity index (χ0n) is 23.2. The maximum Gasteiger partial charge on any atom is 0.297 e. The lowest BCUT2D eigenvalue weighted by molar-refractivity contribution is 0.488. The Hall–Kier alpha value is -4.50. The highest BCUT2D eigenvalue weighted by Gasteiger charge is 2.45. The number of fused-ring (bicyclic) bond motifs is 7. The number of aryl methyl sites for hydroxylation is 1. The summed E-state index contributed by atoms with van der Waals surface area (Å²) >= 11 is 0. The minimum absolute atomic E-state index is 0.00567. The summed E-state index contributed by atoms with van der Waals surface area (Å²) in [4.78, 5) is 0. The van der Waals surface area contributed by atoms with Crippen molar-refractivity contribution in [3.63, 3.8) is 0 Å². The lowest BCUT2D eigenvalue weighted by Gasteiger charge is -2.25. The number of hydrogen-bond acceptors (Lipinski definition) is 2. The van der Waals surface area contributed by atoms with E-state index in [9.17, 15) is 0 Å². The van der Waals surface area contributed by atoms with E-state index in [0.717, 1.165) is 39.3 Å². The van der Waals surface area contributed by atoms with Crippen LogP contribution >= 0.6 is 0 Å². The van der Waals surface area contributed by atoms with Gasteiger partial charge in [-0.1, -0.05) is 105 Å². The molecule has 0 bridgehead atoms. The Morgan fingerprint density at radius 1 is 0.650 bits per heavy atom. The van der Waals surface area contributed by atoms with Crippen molar-refractivity contribution in [3.05, 3.63) is 114 Å². The SMILES string of the molecule is Cc1ccc(-c2ccc3c(c2)Oc2cc(-c4ccccc4)cc4c2B3c2oc3cc(C(C)(C)C)ccc3c2-4)cc1. The van der Waals surface area contributed by atoms with Gasteiger partial charge in [0.25, 0.3) is 6.71 Å². The minimum Gasteiger partial charge on any atom is -0.470 e. The van der Waals surface area contributed by atoms with E-state index in [1.54, 1.807) is 0 Å². The number of benzene rings is 5. The maximum atomic E-state index is 6.80. The third-order valence-corrected chi connectivity index (χ3v) is 8.58. The number of ether oxygens (including phenoxy) is 1. The highest BCUT2D eigenvalue weighted by atomic mass is 16.5. The number of furan rings is 1. The summed E-state index contributed by atoms with van der Waals surface area (Å²) in [5, 5.41) is 1.17. The summed E-state index contributed by atoms with van der Waals surface area (Å²) in [7, 11) is 0. The average molecular weight is 516 g/mol. The van der Waals surface area contributed by atoms with E-state index >= 15 is 0 Å². The van der Waals surface area contributed by atoms with Crippen molar-refractivity contribution in [2.24, 2.45) is 0 Å². The van der Waals surface area contributed by atoms with Crippen LogP contribution in [0.1, 0.15) is 31.9 Å². The zero-order chi connectivity index (χ0) is 27.2. The molecule has 0 amide bonds. The van der Waals surface area contributed by atoms with Gasteiger partial charge in [-0.15, -0.1) is 0 Å². The van der Waals surface area contributed by atoms with Crippen molar-refractivity contribution in [2.45, 2.75) is 33.1 Å². The molecule has 3 heteroatoms. The van der Waals surface area contributed by atoms with Gasteiger partial charge in [-0.3, -0.25) is 0 Å². The van der Waals surface area contributed by atoms with Crippen molar-refractivity contribution >= 4 is 34.3 Å². The Bertz CT molecular complexity index is 1960. The summed E-state index contributed by atoms with van der Waals surface area (Å²) < 4.78 is 13.5. The monoisotopic (exact) mass is 516 g/mol. The predicted octanol–water partition coefficient (Wildman–Crippen LogP) is 7.98. The van der Waals surface area contributed by atoms with Crippen LogP contribution in [0.3, 0.4) is 0 Å². The standard InChI is InChI=1S/C37H29BO2/c1-22-10-12-24(13-11-22)25-14-17-30-32(19-25)39-33-20-26(23-8-6-5-7-9-23)18-29-34-28-16-15-27(37(2,3)4)21-31(28)40-36(34)38(30)35(29)33/h5-21H,1-4H3. The van der Waals surface area contributed by atoms with E-state index in [1.165, 1.54) is 44.2 Å². The first-order valence-corrected chi connectivity index (χ1v) is 14.0. The topological polar surface area (TPSA) is 22.4 Å². The van der Waals surface area contributed by atoms with Gasteiger partial charge in [0.1, 0.15) is 17.1 Å². The van der Waals surface area contributed by atoms with Crippen LogP contribution in [0.4, 0.5) is 0 Å². The van der Waals surface area contributed by atoms with E-state index < -0.39 is 0 Å². The van der Waals surface area contributed by atoms with Crippen LogP contribution in [0.15, 0.2) is 108 Å². The van der Waals surface area contributed by atoms with Crippen LogP contribution < -0.4 is 21.3 Å². The van der Waals surface area contributed by atoms with E-state index in [2.05, 4.69) is 131 Å². The van der Waals surface area contributed by atoms with Gasteiger partial charge in [0.05, 0.1) is 5.66 Å². The molecule has 2 aliphatic rings. The normalized spacial score (nSPS) is 13.2. The predicted molar refractivity (Wildman–Crippen MR) is 167 cm³/mol. The van der Waals surface area contributed by atoms with Crippen molar-refractivity contribution in [3.8, 4) is 44.9 Å². The Balaban J connectivity index is 1.38. The van der Waals surface area contributed by atoms with Crippen molar-refractivity contribution in [1.82, 2.24) is 0 Å². The molecule has 5 aromatic carbocycles.